The van der Waals surface area contributed by atoms with E-state index in [0.29, 0.717) is 0 Å². The lowest BCUT2D eigenvalue weighted by Crippen LogP contribution is -2.43. The van der Waals surface area contributed by atoms with Gasteiger partial charge in [-0.25, -0.2) is 0 Å². The predicted molar refractivity (Wildman–Crippen MR) is 65.7 cm³/mol. The minimum atomic E-state index is 1.04. The van der Waals surface area contributed by atoms with Crippen LogP contribution in [0.3, 0.4) is 0 Å². The lowest BCUT2D eigenvalue weighted by Gasteiger charge is -2.36. The molecule has 0 bridgehead atoms. The van der Waals surface area contributed by atoms with Gasteiger partial charge in [-0.2, -0.15) is 0 Å². The standard InChI is InChI=1S/C11H23N.C2H6/c1-3-4-5-6-7-8-11-9-12(2)10-11;1-2/h11H,3-10H2,1-2H3;1-2H3. The average molecular weight is 199 g/mol. The molecule has 1 heteroatoms. The number of hydrogen-bond acceptors (Lipinski definition) is 1. The van der Waals surface area contributed by atoms with Crippen molar-refractivity contribution < 1.29 is 0 Å². The molecule has 0 amide bonds. The Morgan fingerprint density at radius 3 is 2.07 bits per heavy atom. The first-order valence-electron chi connectivity index (χ1n) is 6.51. The van der Waals surface area contributed by atoms with Crippen LogP contribution in [0.4, 0.5) is 0 Å². The molecule has 1 aliphatic heterocycles. The summed E-state index contributed by atoms with van der Waals surface area (Å²) in [6.07, 6.45) is 8.68. The highest BCUT2D eigenvalue weighted by atomic mass is 15.2. The summed E-state index contributed by atoms with van der Waals surface area (Å²) < 4.78 is 0. The molecule has 0 spiro atoms. The number of rotatable bonds is 6. The molecule has 0 N–H and O–H groups in total. The predicted octanol–water partition coefficient (Wildman–Crippen LogP) is 3.93. The minimum Gasteiger partial charge on any atom is -0.306 e. The van der Waals surface area contributed by atoms with E-state index in [1.165, 1.54) is 51.6 Å². The fourth-order valence-corrected chi connectivity index (χ4v) is 2.05. The lowest BCUT2D eigenvalue weighted by molar-refractivity contribution is 0.124. The highest BCUT2D eigenvalue weighted by Gasteiger charge is 2.21. The summed E-state index contributed by atoms with van der Waals surface area (Å²) >= 11 is 0. The zero-order valence-corrected chi connectivity index (χ0v) is 10.7. The van der Waals surface area contributed by atoms with Crippen LogP contribution in [0.25, 0.3) is 0 Å². The van der Waals surface area contributed by atoms with Crippen molar-refractivity contribution >= 4 is 0 Å². The van der Waals surface area contributed by atoms with E-state index in [1.54, 1.807) is 0 Å². The maximum Gasteiger partial charge on any atom is 0.00190 e. The summed E-state index contributed by atoms with van der Waals surface area (Å²) in [6.45, 7) is 8.99. The molecular formula is C13H29N. The largest absolute Gasteiger partial charge is 0.306 e. The number of nitrogens with zero attached hydrogens (tertiary/aromatic N) is 1. The third-order valence-corrected chi connectivity index (χ3v) is 2.86. The molecule has 0 aromatic rings. The van der Waals surface area contributed by atoms with E-state index in [4.69, 9.17) is 0 Å². The highest BCUT2D eigenvalue weighted by Crippen LogP contribution is 2.19. The van der Waals surface area contributed by atoms with Crippen LogP contribution < -0.4 is 0 Å². The Hall–Kier alpha value is -0.0400. The molecule has 1 aliphatic rings. The normalized spacial score (nSPS) is 17.1. The van der Waals surface area contributed by atoms with Gasteiger partial charge in [-0.1, -0.05) is 52.9 Å². The maximum absolute atomic E-state index is 2.41. The van der Waals surface area contributed by atoms with Crippen molar-refractivity contribution in [1.29, 1.82) is 0 Å². The molecule has 1 nitrogen and oxygen atoms in total. The van der Waals surface area contributed by atoms with Crippen LogP contribution in [-0.4, -0.2) is 25.0 Å². The van der Waals surface area contributed by atoms with Gasteiger partial charge in [0.05, 0.1) is 0 Å². The molecule has 86 valence electrons. The van der Waals surface area contributed by atoms with E-state index < -0.39 is 0 Å². The van der Waals surface area contributed by atoms with Gasteiger partial charge >= 0.3 is 0 Å². The Bertz CT molecular complexity index is 106. The molecular weight excluding hydrogens is 170 g/mol. The second-order valence-corrected chi connectivity index (χ2v) is 4.29. The van der Waals surface area contributed by atoms with E-state index in [0.717, 1.165) is 5.92 Å². The van der Waals surface area contributed by atoms with Crippen LogP contribution in [0.1, 0.15) is 59.3 Å². The summed E-state index contributed by atoms with van der Waals surface area (Å²) in [5, 5.41) is 0. The van der Waals surface area contributed by atoms with Crippen molar-refractivity contribution in [2.75, 3.05) is 20.1 Å². The summed E-state index contributed by atoms with van der Waals surface area (Å²) in [5.74, 6) is 1.04. The van der Waals surface area contributed by atoms with Crippen LogP contribution in [0.2, 0.25) is 0 Å². The number of unbranched alkanes of at least 4 members (excludes halogenated alkanes) is 4. The Morgan fingerprint density at radius 2 is 1.57 bits per heavy atom. The van der Waals surface area contributed by atoms with Crippen molar-refractivity contribution in [3.8, 4) is 0 Å². The Labute approximate surface area is 90.9 Å². The van der Waals surface area contributed by atoms with Gasteiger partial charge in [-0.3, -0.25) is 0 Å². The lowest BCUT2D eigenvalue weighted by atomic mass is 9.94. The van der Waals surface area contributed by atoms with Gasteiger partial charge < -0.3 is 4.90 Å². The molecule has 0 radical (unpaired) electrons. The van der Waals surface area contributed by atoms with E-state index in [1.807, 2.05) is 13.8 Å². The number of hydrogen-bond donors (Lipinski definition) is 0. The molecule has 14 heavy (non-hydrogen) atoms. The zero-order valence-electron chi connectivity index (χ0n) is 10.7. The van der Waals surface area contributed by atoms with E-state index in [2.05, 4.69) is 18.9 Å². The fraction of sp³-hybridized carbons (Fsp3) is 1.00. The topological polar surface area (TPSA) is 3.24 Å². The fourth-order valence-electron chi connectivity index (χ4n) is 2.05. The van der Waals surface area contributed by atoms with Gasteiger partial charge in [0, 0.05) is 13.1 Å². The molecule has 0 aromatic carbocycles. The van der Waals surface area contributed by atoms with Gasteiger partial charge in [0.2, 0.25) is 0 Å². The van der Waals surface area contributed by atoms with E-state index in [9.17, 15) is 0 Å². The molecule has 1 fully saturated rings. The third-order valence-electron chi connectivity index (χ3n) is 2.86. The van der Waals surface area contributed by atoms with Crippen molar-refractivity contribution in [3.05, 3.63) is 0 Å². The van der Waals surface area contributed by atoms with Crippen LogP contribution in [0.5, 0.6) is 0 Å². The van der Waals surface area contributed by atoms with Crippen molar-refractivity contribution in [2.24, 2.45) is 5.92 Å². The molecule has 0 aliphatic carbocycles. The van der Waals surface area contributed by atoms with Crippen LogP contribution in [-0.2, 0) is 0 Å². The molecule has 1 rings (SSSR count). The Morgan fingerprint density at radius 1 is 1.00 bits per heavy atom. The summed E-state index contributed by atoms with van der Waals surface area (Å²) in [6, 6.07) is 0. The molecule has 0 atom stereocenters. The van der Waals surface area contributed by atoms with E-state index in [-0.39, 0.29) is 0 Å². The summed E-state index contributed by atoms with van der Waals surface area (Å²) in [5.41, 5.74) is 0. The first kappa shape index (κ1) is 14.0. The third kappa shape index (κ3) is 6.42. The Balaban J connectivity index is 0.000000791. The van der Waals surface area contributed by atoms with Crippen molar-refractivity contribution in [3.63, 3.8) is 0 Å². The second kappa shape index (κ2) is 9.51. The molecule has 1 heterocycles. The van der Waals surface area contributed by atoms with Crippen LogP contribution in [0, 0.1) is 5.92 Å². The SMILES string of the molecule is CC.CCCCCCCC1CN(C)C1. The second-order valence-electron chi connectivity index (χ2n) is 4.29. The highest BCUT2D eigenvalue weighted by molar-refractivity contribution is 4.76. The van der Waals surface area contributed by atoms with Gasteiger partial charge in [0.25, 0.3) is 0 Å². The smallest absolute Gasteiger partial charge is 0.00190 e. The van der Waals surface area contributed by atoms with Gasteiger partial charge in [-0.15, -0.1) is 0 Å². The first-order chi connectivity index (χ1) is 6.83. The minimum absolute atomic E-state index is 1.04. The molecule has 0 unspecified atom stereocenters. The van der Waals surface area contributed by atoms with Crippen molar-refractivity contribution in [2.45, 2.75) is 59.3 Å². The van der Waals surface area contributed by atoms with Gasteiger partial charge in [-0.05, 0) is 19.4 Å². The van der Waals surface area contributed by atoms with Crippen molar-refractivity contribution in [1.82, 2.24) is 4.90 Å². The summed E-state index contributed by atoms with van der Waals surface area (Å²) in [7, 11) is 2.22. The molecule has 0 aromatic heterocycles. The first-order valence-corrected chi connectivity index (χ1v) is 6.51. The molecule has 0 saturated carbocycles. The summed E-state index contributed by atoms with van der Waals surface area (Å²) in [4.78, 5) is 2.41. The van der Waals surface area contributed by atoms with Crippen LogP contribution in [0.15, 0.2) is 0 Å². The monoisotopic (exact) mass is 199 g/mol. The maximum atomic E-state index is 2.41. The van der Waals surface area contributed by atoms with Crippen LogP contribution >= 0.6 is 0 Å². The Kier molecular flexibility index (Phi) is 9.49. The van der Waals surface area contributed by atoms with Gasteiger partial charge in [0.1, 0.15) is 0 Å². The van der Waals surface area contributed by atoms with E-state index >= 15 is 0 Å². The van der Waals surface area contributed by atoms with Gasteiger partial charge in [0.15, 0.2) is 0 Å². The average Bonchev–Trinajstić information content (AvgIpc) is 2.18. The molecule has 1 saturated heterocycles. The quantitative estimate of drug-likeness (QED) is 0.586. The number of likely N-dealkylation sites (tertiary alicyclic amines) is 1. The zero-order chi connectivity index (χ0) is 10.8.